The van der Waals surface area contributed by atoms with Gasteiger partial charge >= 0.3 is 5.97 Å². The third-order valence-corrected chi connectivity index (χ3v) is 4.33. The summed E-state index contributed by atoms with van der Waals surface area (Å²) in [5, 5.41) is 29.2. The molecule has 0 fully saturated rings. The zero-order valence-corrected chi connectivity index (χ0v) is 13.8. The normalized spacial score (nSPS) is 10.8. The van der Waals surface area contributed by atoms with Gasteiger partial charge in [-0.25, -0.2) is 4.79 Å². The number of aromatic hydroxyl groups is 1. The highest BCUT2D eigenvalue weighted by Gasteiger charge is 2.22. The molecule has 0 spiro atoms. The minimum atomic E-state index is -1.14. The second kappa shape index (κ2) is 6.00. The molecule has 6 nitrogen and oxygen atoms in total. The molecule has 1 aliphatic carbocycles. The van der Waals surface area contributed by atoms with E-state index < -0.39 is 5.97 Å². The molecule has 0 radical (unpaired) electrons. The summed E-state index contributed by atoms with van der Waals surface area (Å²) in [7, 11) is 0. The smallest absolute Gasteiger partial charge is 0.336 e. The van der Waals surface area contributed by atoms with E-state index in [0.29, 0.717) is 33.2 Å². The van der Waals surface area contributed by atoms with Crippen LogP contribution in [0.3, 0.4) is 0 Å². The van der Waals surface area contributed by atoms with Gasteiger partial charge in [-0.1, -0.05) is 0 Å². The summed E-state index contributed by atoms with van der Waals surface area (Å²) in [5.41, 5.74) is 1.73. The number of hydrogen-bond acceptors (Lipinski definition) is 5. The lowest BCUT2D eigenvalue weighted by atomic mass is 9.90. The lowest BCUT2D eigenvalue weighted by molar-refractivity contribution is 0.0697. The second-order valence-electron chi connectivity index (χ2n) is 5.99. The zero-order chi connectivity index (χ0) is 19.1. The molecule has 1 aliphatic heterocycles. The number of hydrogen-bond donors (Lipinski definition) is 2. The number of carboxylic acids is 1. The number of nitriles is 1. The van der Waals surface area contributed by atoms with Gasteiger partial charge < -0.3 is 14.6 Å². The van der Waals surface area contributed by atoms with Gasteiger partial charge in [-0.2, -0.15) is 5.26 Å². The number of aromatic carboxylic acids is 1. The fourth-order valence-corrected chi connectivity index (χ4v) is 3.16. The lowest BCUT2D eigenvalue weighted by Crippen LogP contribution is -2.04. The first-order valence-electron chi connectivity index (χ1n) is 7.95. The first-order valence-corrected chi connectivity index (χ1v) is 7.95. The van der Waals surface area contributed by atoms with Gasteiger partial charge in [0.2, 0.25) is 0 Å². The van der Waals surface area contributed by atoms with Gasteiger partial charge in [-0.3, -0.25) is 4.79 Å². The molecule has 27 heavy (non-hydrogen) atoms. The molecule has 2 aliphatic rings. The minimum Gasteiger partial charge on any atom is -0.508 e. The Balaban J connectivity index is 2.23. The standard InChI is InChI=1S/C21H11NO5/c22-10-11-1-4-14(21(25)26)17(7-11)20-15-5-2-12(23)8-18(15)27-19-9-13(24)3-6-16(19)20/h1-9,23H,(H,25,26). The van der Waals surface area contributed by atoms with Gasteiger partial charge in [0, 0.05) is 28.6 Å². The lowest BCUT2D eigenvalue weighted by Gasteiger charge is -2.16. The van der Waals surface area contributed by atoms with Crippen molar-refractivity contribution in [3.05, 3.63) is 75.9 Å². The van der Waals surface area contributed by atoms with Gasteiger partial charge in [-0.05, 0) is 48.0 Å². The van der Waals surface area contributed by atoms with E-state index in [2.05, 4.69) is 0 Å². The number of benzene rings is 3. The van der Waals surface area contributed by atoms with E-state index in [4.69, 9.17) is 4.42 Å². The van der Waals surface area contributed by atoms with Crippen molar-refractivity contribution in [3.8, 4) is 34.3 Å². The third-order valence-electron chi connectivity index (χ3n) is 4.33. The van der Waals surface area contributed by atoms with Crippen molar-refractivity contribution in [1.82, 2.24) is 0 Å². The Labute approximate surface area is 152 Å². The van der Waals surface area contributed by atoms with E-state index in [0.717, 1.165) is 0 Å². The highest BCUT2D eigenvalue weighted by atomic mass is 16.4. The molecule has 130 valence electrons. The summed E-state index contributed by atoms with van der Waals surface area (Å²) in [6, 6.07) is 15.0. The SMILES string of the molecule is N#Cc1ccc(C(=O)O)c(-c2c3ccc(=O)cc-3oc3cc(O)ccc23)c1. The highest BCUT2D eigenvalue weighted by Crippen LogP contribution is 2.42. The summed E-state index contributed by atoms with van der Waals surface area (Å²) in [4.78, 5) is 23.5. The van der Waals surface area contributed by atoms with Crippen LogP contribution in [0.25, 0.3) is 33.4 Å². The maximum absolute atomic E-state index is 11.8. The van der Waals surface area contributed by atoms with E-state index in [1.54, 1.807) is 12.1 Å². The molecule has 2 aromatic rings. The van der Waals surface area contributed by atoms with Gasteiger partial charge in [-0.15, -0.1) is 0 Å². The van der Waals surface area contributed by atoms with Gasteiger partial charge in [0.25, 0.3) is 0 Å². The number of rotatable bonds is 2. The van der Waals surface area contributed by atoms with Crippen molar-refractivity contribution in [2.45, 2.75) is 0 Å². The quantitative estimate of drug-likeness (QED) is 0.527. The Kier molecular flexibility index (Phi) is 3.64. The van der Waals surface area contributed by atoms with Crippen LogP contribution in [-0.2, 0) is 0 Å². The molecule has 0 amide bonds. The largest absolute Gasteiger partial charge is 0.508 e. The summed E-state index contributed by atoms with van der Waals surface area (Å²) in [5.74, 6) is -0.913. The molecule has 6 heteroatoms. The Hall–Kier alpha value is -4.11. The molecule has 0 aromatic heterocycles. The number of phenols is 1. The van der Waals surface area contributed by atoms with Crippen molar-refractivity contribution in [2.24, 2.45) is 0 Å². The van der Waals surface area contributed by atoms with Crippen LogP contribution in [0, 0.1) is 11.3 Å². The van der Waals surface area contributed by atoms with Gasteiger partial charge in [0.15, 0.2) is 5.43 Å². The highest BCUT2D eigenvalue weighted by molar-refractivity contribution is 6.07. The molecule has 0 atom stereocenters. The van der Waals surface area contributed by atoms with Crippen LogP contribution in [0.4, 0.5) is 0 Å². The zero-order valence-electron chi connectivity index (χ0n) is 13.8. The van der Waals surface area contributed by atoms with Crippen LogP contribution in [0.1, 0.15) is 15.9 Å². The molecule has 0 saturated heterocycles. The van der Waals surface area contributed by atoms with Crippen LogP contribution >= 0.6 is 0 Å². The van der Waals surface area contributed by atoms with Gasteiger partial charge in [0.1, 0.15) is 17.1 Å². The molecule has 0 unspecified atom stereocenters. The van der Waals surface area contributed by atoms with E-state index in [9.17, 15) is 25.1 Å². The second-order valence-corrected chi connectivity index (χ2v) is 5.99. The van der Waals surface area contributed by atoms with Crippen molar-refractivity contribution in [1.29, 1.82) is 5.26 Å². The number of fused-ring (bicyclic) bond motifs is 2. The Morgan fingerprint density at radius 1 is 1.00 bits per heavy atom. The van der Waals surface area contributed by atoms with Crippen LogP contribution in [-0.4, -0.2) is 16.2 Å². The Bertz CT molecular complexity index is 1300. The number of nitrogens with zero attached hydrogens (tertiary/aromatic N) is 1. The fourth-order valence-electron chi connectivity index (χ4n) is 3.16. The molecule has 4 rings (SSSR count). The number of carboxylic acid groups (broad SMARTS) is 1. The van der Waals surface area contributed by atoms with Crippen molar-refractivity contribution >= 4 is 16.9 Å². The molecule has 2 aromatic carbocycles. The Morgan fingerprint density at radius 3 is 2.56 bits per heavy atom. The monoisotopic (exact) mass is 357 g/mol. The van der Waals surface area contributed by atoms with Crippen LogP contribution in [0.2, 0.25) is 0 Å². The summed E-state index contributed by atoms with van der Waals surface area (Å²) in [6.07, 6.45) is 0. The van der Waals surface area contributed by atoms with Crippen LogP contribution in [0.15, 0.2) is 63.8 Å². The molecule has 0 bridgehead atoms. The van der Waals surface area contributed by atoms with E-state index in [1.807, 2.05) is 6.07 Å². The third kappa shape index (κ3) is 2.68. The Morgan fingerprint density at radius 2 is 1.81 bits per heavy atom. The van der Waals surface area contributed by atoms with Gasteiger partial charge in [0.05, 0.1) is 17.2 Å². The average molecular weight is 357 g/mol. The molecular weight excluding hydrogens is 346 g/mol. The van der Waals surface area contributed by atoms with Crippen molar-refractivity contribution in [2.75, 3.05) is 0 Å². The fraction of sp³-hybridized carbons (Fsp3) is 0. The molecule has 0 saturated carbocycles. The van der Waals surface area contributed by atoms with E-state index in [1.165, 1.54) is 42.5 Å². The predicted molar refractivity (Wildman–Crippen MR) is 97.9 cm³/mol. The summed E-state index contributed by atoms with van der Waals surface area (Å²) >= 11 is 0. The minimum absolute atomic E-state index is 0.0158. The predicted octanol–water partition coefficient (Wildman–Crippen LogP) is 3.84. The molecule has 1 heterocycles. The van der Waals surface area contributed by atoms with Crippen molar-refractivity contribution in [3.63, 3.8) is 0 Å². The molecule has 2 N–H and O–H groups in total. The number of phenolic OH excluding ortho intramolecular Hbond substituents is 1. The maximum atomic E-state index is 11.8. The first-order chi connectivity index (χ1) is 13.0. The number of carbonyl (C=O) groups is 1. The summed E-state index contributed by atoms with van der Waals surface area (Å²) in [6.45, 7) is 0. The van der Waals surface area contributed by atoms with Crippen LogP contribution in [0.5, 0.6) is 5.75 Å². The maximum Gasteiger partial charge on any atom is 0.336 e. The van der Waals surface area contributed by atoms with E-state index >= 15 is 0 Å². The summed E-state index contributed by atoms with van der Waals surface area (Å²) < 4.78 is 5.75. The average Bonchev–Trinajstić information content (AvgIpc) is 2.65. The topological polar surface area (TPSA) is 112 Å². The van der Waals surface area contributed by atoms with Crippen molar-refractivity contribution < 1.29 is 19.4 Å². The van der Waals surface area contributed by atoms with E-state index in [-0.39, 0.29) is 22.5 Å². The first kappa shape index (κ1) is 16.4. The molecular formula is C21H11NO5. The van der Waals surface area contributed by atoms with Crippen LogP contribution < -0.4 is 5.43 Å².